The molecule has 19 heavy (non-hydrogen) atoms. The van der Waals surface area contributed by atoms with E-state index in [2.05, 4.69) is 26.0 Å². The molecule has 0 fully saturated rings. The van der Waals surface area contributed by atoms with Gasteiger partial charge in [-0.25, -0.2) is 0 Å². The molecule has 0 spiro atoms. The van der Waals surface area contributed by atoms with Crippen LogP contribution < -0.4 is 0 Å². The fourth-order valence-electron chi connectivity index (χ4n) is 2.38. The van der Waals surface area contributed by atoms with E-state index in [1.165, 1.54) is 77.0 Å². The SMILES string of the molecule is [CH]=CC(C=CCCCCCCC)CCCCCCC. The van der Waals surface area contributed by atoms with Crippen LogP contribution in [0.3, 0.4) is 0 Å². The minimum absolute atomic E-state index is 0.497. The summed E-state index contributed by atoms with van der Waals surface area (Å²) in [5.74, 6) is 0.497. The second-order valence-electron chi connectivity index (χ2n) is 5.69. The van der Waals surface area contributed by atoms with Crippen molar-refractivity contribution in [2.24, 2.45) is 5.92 Å². The first-order valence-electron chi connectivity index (χ1n) is 8.56. The molecule has 0 heterocycles. The Hall–Kier alpha value is -0.520. The molecule has 0 aromatic rings. The molecule has 0 amide bonds. The van der Waals surface area contributed by atoms with Crippen LogP contribution in [0.15, 0.2) is 18.2 Å². The molecule has 0 aromatic heterocycles. The molecule has 0 aliphatic heterocycles. The van der Waals surface area contributed by atoms with Gasteiger partial charge in [-0.2, -0.15) is 0 Å². The molecule has 0 saturated heterocycles. The number of allylic oxidation sites excluding steroid dienone is 3. The zero-order valence-corrected chi connectivity index (χ0v) is 13.4. The van der Waals surface area contributed by atoms with Crippen molar-refractivity contribution in [3.05, 3.63) is 24.8 Å². The van der Waals surface area contributed by atoms with E-state index in [1.54, 1.807) is 0 Å². The first-order chi connectivity index (χ1) is 9.35. The predicted octanol–water partition coefficient (Wildman–Crippen LogP) is 6.87. The van der Waals surface area contributed by atoms with Gasteiger partial charge < -0.3 is 0 Å². The number of unbranched alkanes of at least 4 members (excludes halogenated alkanes) is 9. The van der Waals surface area contributed by atoms with Gasteiger partial charge in [0.05, 0.1) is 0 Å². The van der Waals surface area contributed by atoms with Gasteiger partial charge >= 0.3 is 0 Å². The Kier molecular flexibility index (Phi) is 15.1. The standard InChI is InChI=1S/C19H35/c1-4-7-9-11-12-14-16-18-19(6-3)17-15-13-10-8-5-2/h3,6,16,18-19H,4-5,7-15,17H2,1-2H3. The van der Waals surface area contributed by atoms with E-state index in [1.807, 2.05) is 6.08 Å². The van der Waals surface area contributed by atoms with E-state index in [9.17, 15) is 0 Å². The molecule has 0 N–H and O–H groups in total. The largest absolute Gasteiger partial charge is 0.0879 e. The molecular weight excluding hydrogens is 228 g/mol. The highest BCUT2D eigenvalue weighted by atomic mass is 14.0. The molecule has 0 aromatic carbocycles. The maximum Gasteiger partial charge on any atom is -0.00504 e. The molecule has 1 radical (unpaired) electrons. The first kappa shape index (κ1) is 18.5. The van der Waals surface area contributed by atoms with E-state index in [-0.39, 0.29) is 0 Å². The molecule has 0 heteroatoms. The smallest absolute Gasteiger partial charge is 0.00504 e. The Balaban J connectivity index is 3.48. The summed E-state index contributed by atoms with van der Waals surface area (Å²) in [6, 6.07) is 0. The van der Waals surface area contributed by atoms with E-state index in [4.69, 9.17) is 6.58 Å². The Morgan fingerprint density at radius 1 is 0.789 bits per heavy atom. The van der Waals surface area contributed by atoms with Crippen molar-refractivity contribution < 1.29 is 0 Å². The van der Waals surface area contributed by atoms with Gasteiger partial charge in [0.25, 0.3) is 0 Å². The molecule has 0 aliphatic carbocycles. The minimum Gasteiger partial charge on any atom is -0.0879 e. The molecule has 0 rings (SSSR count). The lowest BCUT2D eigenvalue weighted by molar-refractivity contribution is 0.573. The van der Waals surface area contributed by atoms with Crippen molar-refractivity contribution in [3.63, 3.8) is 0 Å². The van der Waals surface area contributed by atoms with Crippen LogP contribution in [0.2, 0.25) is 0 Å². The average Bonchev–Trinajstić information content (AvgIpc) is 2.44. The highest BCUT2D eigenvalue weighted by Gasteiger charge is 1.99. The number of hydrogen-bond donors (Lipinski definition) is 0. The normalized spacial score (nSPS) is 12.9. The summed E-state index contributed by atoms with van der Waals surface area (Å²) in [5, 5.41) is 0. The third-order valence-corrected chi connectivity index (χ3v) is 3.75. The molecular formula is C19H35. The predicted molar refractivity (Wildman–Crippen MR) is 88.3 cm³/mol. The van der Waals surface area contributed by atoms with Gasteiger partial charge in [0.2, 0.25) is 0 Å². The molecule has 0 saturated carbocycles. The lowest BCUT2D eigenvalue weighted by atomic mass is 9.99. The van der Waals surface area contributed by atoms with Crippen molar-refractivity contribution in [2.75, 3.05) is 0 Å². The van der Waals surface area contributed by atoms with Gasteiger partial charge in [-0.05, 0) is 25.2 Å². The summed E-state index contributed by atoms with van der Waals surface area (Å²) in [6.07, 6.45) is 22.6. The second-order valence-corrected chi connectivity index (χ2v) is 5.69. The quantitative estimate of drug-likeness (QED) is 0.237. The highest BCUT2D eigenvalue weighted by molar-refractivity contribution is 4.95. The lowest BCUT2D eigenvalue weighted by Gasteiger charge is -2.07. The maximum absolute atomic E-state index is 5.72. The summed E-state index contributed by atoms with van der Waals surface area (Å²) in [6.45, 7) is 10.2. The summed E-state index contributed by atoms with van der Waals surface area (Å²) < 4.78 is 0. The first-order valence-corrected chi connectivity index (χ1v) is 8.56. The topological polar surface area (TPSA) is 0 Å². The van der Waals surface area contributed by atoms with Crippen molar-refractivity contribution in [1.29, 1.82) is 0 Å². The van der Waals surface area contributed by atoms with Crippen LogP contribution in [-0.2, 0) is 0 Å². The summed E-state index contributed by atoms with van der Waals surface area (Å²) in [7, 11) is 0. The van der Waals surface area contributed by atoms with E-state index < -0.39 is 0 Å². The van der Waals surface area contributed by atoms with Gasteiger partial charge in [0.15, 0.2) is 0 Å². The van der Waals surface area contributed by atoms with Crippen molar-refractivity contribution >= 4 is 0 Å². The fraction of sp³-hybridized carbons (Fsp3) is 0.789. The van der Waals surface area contributed by atoms with Crippen molar-refractivity contribution in [3.8, 4) is 0 Å². The van der Waals surface area contributed by atoms with Gasteiger partial charge in [0.1, 0.15) is 0 Å². The van der Waals surface area contributed by atoms with Crippen molar-refractivity contribution in [1.82, 2.24) is 0 Å². The van der Waals surface area contributed by atoms with E-state index >= 15 is 0 Å². The third-order valence-electron chi connectivity index (χ3n) is 3.75. The Labute approximate surface area is 122 Å². The van der Waals surface area contributed by atoms with E-state index in [0.29, 0.717) is 5.92 Å². The van der Waals surface area contributed by atoms with Crippen LogP contribution in [0.5, 0.6) is 0 Å². The number of hydrogen-bond acceptors (Lipinski definition) is 0. The molecule has 0 bridgehead atoms. The molecule has 0 nitrogen and oxygen atoms in total. The Bertz CT molecular complexity index is 202. The Morgan fingerprint density at radius 3 is 1.95 bits per heavy atom. The number of rotatable bonds is 14. The average molecular weight is 263 g/mol. The highest BCUT2D eigenvalue weighted by Crippen LogP contribution is 2.15. The van der Waals surface area contributed by atoms with Gasteiger partial charge in [0, 0.05) is 0 Å². The fourth-order valence-corrected chi connectivity index (χ4v) is 2.38. The summed E-state index contributed by atoms with van der Waals surface area (Å²) in [5.41, 5.74) is 0. The van der Waals surface area contributed by atoms with Crippen LogP contribution in [0.1, 0.15) is 90.9 Å². The Morgan fingerprint density at radius 2 is 1.37 bits per heavy atom. The van der Waals surface area contributed by atoms with Crippen LogP contribution >= 0.6 is 0 Å². The van der Waals surface area contributed by atoms with Gasteiger partial charge in [-0.15, -0.1) is 0 Å². The summed E-state index contributed by atoms with van der Waals surface area (Å²) >= 11 is 0. The van der Waals surface area contributed by atoms with Crippen molar-refractivity contribution in [2.45, 2.75) is 90.9 Å². The monoisotopic (exact) mass is 263 g/mol. The minimum atomic E-state index is 0.497. The summed E-state index contributed by atoms with van der Waals surface area (Å²) in [4.78, 5) is 0. The lowest BCUT2D eigenvalue weighted by Crippen LogP contribution is -1.91. The van der Waals surface area contributed by atoms with Crippen LogP contribution in [0.25, 0.3) is 0 Å². The van der Waals surface area contributed by atoms with E-state index in [0.717, 1.165) is 0 Å². The van der Waals surface area contributed by atoms with Gasteiger partial charge in [-0.1, -0.05) is 96.4 Å². The second kappa shape index (κ2) is 15.5. The molecule has 1 unspecified atom stereocenters. The zero-order chi connectivity index (χ0) is 14.2. The van der Waals surface area contributed by atoms with Gasteiger partial charge in [-0.3, -0.25) is 0 Å². The van der Waals surface area contributed by atoms with Crippen LogP contribution in [0, 0.1) is 12.5 Å². The molecule has 111 valence electrons. The molecule has 0 aliphatic rings. The maximum atomic E-state index is 5.72. The molecule has 1 atom stereocenters. The van der Waals surface area contributed by atoms with Crippen LogP contribution in [0.4, 0.5) is 0 Å². The zero-order valence-electron chi connectivity index (χ0n) is 13.4. The van der Waals surface area contributed by atoms with Crippen LogP contribution in [-0.4, -0.2) is 0 Å². The third kappa shape index (κ3) is 13.7.